The lowest BCUT2D eigenvalue weighted by molar-refractivity contribution is 0.0978. The maximum atomic E-state index is 5.90. The molecule has 2 heterocycles. The van der Waals surface area contributed by atoms with Gasteiger partial charge in [0.15, 0.2) is 0 Å². The summed E-state index contributed by atoms with van der Waals surface area (Å²) >= 11 is 1.88. The largest absolute Gasteiger partial charge is 0.329 e. The third kappa shape index (κ3) is 2.47. The van der Waals surface area contributed by atoms with Crippen molar-refractivity contribution < 1.29 is 0 Å². The first kappa shape index (κ1) is 12.1. The summed E-state index contributed by atoms with van der Waals surface area (Å²) in [6, 6.07) is 5.61. The molecule has 2 rings (SSSR count). The highest BCUT2D eigenvalue weighted by Gasteiger charge is 2.28. The molecular weight excluding hydrogens is 216 g/mol. The highest BCUT2D eigenvalue weighted by molar-refractivity contribution is 7.10. The molecule has 16 heavy (non-hydrogen) atoms. The first-order valence-corrected chi connectivity index (χ1v) is 7.24. The summed E-state index contributed by atoms with van der Waals surface area (Å²) < 4.78 is 0. The van der Waals surface area contributed by atoms with Gasteiger partial charge in [-0.1, -0.05) is 19.4 Å². The molecule has 1 saturated heterocycles. The average Bonchev–Trinajstić information content (AvgIpc) is 2.84. The van der Waals surface area contributed by atoms with Crippen LogP contribution in [0.2, 0.25) is 0 Å². The molecule has 0 saturated carbocycles. The predicted molar refractivity (Wildman–Crippen MR) is 70.8 cm³/mol. The summed E-state index contributed by atoms with van der Waals surface area (Å²) in [6.07, 6.45) is 5.15. The van der Waals surface area contributed by atoms with E-state index in [0.29, 0.717) is 12.1 Å². The van der Waals surface area contributed by atoms with E-state index in [1.807, 2.05) is 11.3 Å². The molecule has 0 spiro atoms. The lowest BCUT2D eigenvalue weighted by Gasteiger charge is -2.40. The predicted octanol–water partition coefficient (Wildman–Crippen LogP) is 3.01. The Kier molecular flexibility index (Phi) is 4.38. The molecular formula is C13H22N2S. The summed E-state index contributed by atoms with van der Waals surface area (Å²) in [6.45, 7) is 4.31. The van der Waals surface area contributed by atoms with Crippen molar-refractivity contribution in [3.63, 3.8) is 0 Å². The number of piperidine rings is 1. The van der Waals surface area contributed by atoms with Crippen LogP contribution in [0.1, 0.15) is 43.5 Å². The number of nitrogens with zero attached hydrogens (tertiary/aromatic N) is 1. The van der Waals surface area contributed by atoms with Gasteiger partial charge in [-0.15, -0.1) is 11.3 Å². The SMILES string of the molecule is CCC(c1cccs1)N1CCCCC1CN. The molecule has 2 nitrogen and oxygen atoms in total. The molecule has 0 radical (unpaired) electrons. The second-order valence-electron chi connectivity index (χ2n) is 4.56. The highest BCUT2D eigenvalue weighted by Crippen LogP contribution is 2.32. The Morgan fingerprint density at radius 1 is 1.56 bits per heavy atom. The van der Waals surface area contributed by atoms with Gasteiger partial charge in [-0.25, -0.2) is 0 Å². The van der Waals surface area contributed by atoms with E-state index >= 15 is 0 Å². The zero-order valence-electron chi connectivity index (χ0n) is 10.1. The molecule has 0 aliphatic carbocycles. The lowest BCUT2D eigenvalue weighted by Crippen LogP contribution is -2.45. The zero-order chi connectivity index (χ0) is 11.4. The van der Waals surface area contributed by atoms with Crippen LogP contribution >= 0.6 is 11.3 Å². The van der Waals surface area contributed by atoms with Crippen LogP contribution in [-0.4, -0.2) is 24.0 Å². The van der Waals surface area contributed by atoms with Crippen molar-refractivity contribution in [3.8, 4) is 0 Å². The fraction of sp³-hybridized carbons (Fsp3) is 0.692. The monoisotopic (exact) mass is 238 g/mol. The van der Waals surface area contributed by atoms with Crippen LogP contribution in [0.15, 0.2) is 17.5 Å². The third-order valence-corrected chi connectivity index (χ3v) is 4.58. The number of likely N-dealkylation sites (tertiary alicyclic amines) is 1. The minimum atomic E-state index is 0.592. The standard InChI is InChI=1S/C13H22N2S/c1-2-12(13-7-5-9-16-13)15-8-4-3-6-11(15)10-14/h5,7,9,11-12H,2-4,6,8,10,14H2,1H3. The Hall–Kier alpha value is -0.380. The summed E-state index contributed by atoms with van der Waals surface area (Å²) in [4.78, 5) is 4.14. The van der Waals surface area contributed by atoms with Crippen molar-refractivity contribution in [2.24, 2.45) is 5.73 Å². The Morgan fingerprint density at radius 2 is 2.44 bits per heavy atom. The number of hydrogen-bond acceptors (Lipinski definition) is 3. The summed E-state index contributed by atoms with van der Waals surface area (Å²) in [5, 5.41) is 2.18. The summed E-state index contributed by atoms with van der Waals surface area (Å²) in [5.41, 5.74) is 5.90. The summed E-state index contributed by atoms with van der Waals surface area (Å²) in [7, 11) is 0. The summed E-state index contributed by atoms with van der Waals surface area (Å²) in [5.74, 6) is 0. The van der Waals surface area contributed by atoms with E-state index in [9.17, 15) is 0 Å². The number of thiophene rings is 1. The maximum absolute atomic E-state index is 5.90. The van der Waals surface area contributed by atoms with Gasteiger partial charge in [0.1, 0.15) is 0 Å². The molecule has 0 amide bonds. The number of hydrogen-bond donors (Lipinski definition) is 1. The zero-order valence-corrected chi connectivity index (χ0v) is 10.9. The lowest BCUT2D eigenvalue weighted by atomic mass is 9.98. The molecule has 1 aliphatic heterocycles. The van der Waals surface area contributed by atoms with Crippen LogP contribution in [-0.2, 0) is 0 Å². The van der Waals surface area contributed by atoms with Crippen molar-refractivity contribution in [1.82, 2.24) is 4.90 Å². The van der Waals surface area contributed by atoms with Crippen molar-refractivity contribution >= 4 is 11.3 Å². The Labute approximate surface area is 102 Å². The molecule has 2 atom stereocenters. The van der Waals surface area contributed by atoms with Crippen molar-refractivity contribution in [3.05, 3.63) is 22.4 Å². The second-order valence-corrected chi connectivity index (χ2v) is 5.54. The topological polar surface area (TPSA) is 29.3 Å². The van der Waals surface area contributed by atoms with Gasteiger partial charge in [0.25, 0.3) is 0 Å². The Balaban J connectivity index is 2.13. The van der Waals surface area contributed by atoms with E-state index in [1.54, 1.807) is 0 Å². The van der Waals surface area contributed by atoms with Crippen LogP contribution in [0.25, 0.3) is 0 Å². The van der Waals surface area contributed by atoms with E-state index in [-0.39, 0.29) is 0 Å². The van der Waals surface area contributed by atoms with Gasteiger partial charge < -0.3 is 5.73 Å². The molecule has 2 unspecified atom stereocenters. The first-order chi connectivity index (χ1) is 7.86. The molecule has 1 aromatic rings. The van der Waals surface area contributed by atoms with E-state index in [2.05, 4.69) is 29.3 Å². The molecule has 0 bridgehead atoms. The number of nitrogens with two attached hydrogens (primary N) is 1. The highest BCUT2D eigenvalue weighted by atomic mass is 32.1. The third-order valence-electron chi connectivity index (χ3n) is 3.60. The fourth-order valence-electron chi connectivity index (χ4n) is 2.77. The van der Waals surface area contributed by atoms with Gasteiger partial charge in [-0.3, -0.25) is 4.90 Å². The average molecular weight is 238 g/mol. The van der Waals surface area contributed by atoms with Gasteiger partial charge in [-0.05, 0) is 37.3 Å². The molecule has 90 valence electrons. The van der Waals surface area contributed by atoms with E-state index in [4.69, 9.17) is 5.73 Å². The van der Waals surface area contributed by atoms with Gasteiger partial charge in [0, 0.05) is 23.5 Å². The van der Waals surface area contributed by atoms with Crippen molar-refractivity contribution in [2.75, 3.05) is 13.1 Å². The molecule has 1 aliphatic rings. The van der Waals surface area contributed by atoms with Crippen LogP contribution in [0.5, 0.6) is 0 Å². The van der Waals surface area contributed by atoms with Gasteiger partial charge in [-0.2, -0.15) is 0 Å². The minimum Gasteiger partial charge on any atom is -0.329 e. The molecule has 2 N–H and O–H groups in total. The van der Waals surface area contributed by atoms with Crippen LogP contribution in [0.4, 0.5) is 0 Å². The van der Waals surface area contributed by atoms with Crippen molar-refractivity contribution in [1.29, 1.82) is 0 Å². The minimum absolute atomic E-state index is 0.592. The smallest absolute Gasteiger partial charge is 0.0442 e. The maximum Gasteiger partial charge on any atom is 0.0442 e. The van der Waals surface area contributed by atoms with Gasteiger partial charge in [0.2, 0.25) is 0 Å². The molecule has 1 fully saturated rings. The van der Waals surface area contributed by atoms with Crippen LogP contribution in [0.3, 0.4) is 0 Å². The normalized spacial score (nSPS) is 24.5. The quantitative estimate of drug-likeness (QED) is 0.873. The van der Waals surface area contributed by atoms with Crippen LogP contribution < -0.4 is 5.73 Å². The first-order valence-electron chi connectivity index (χ1n) is 6.36. The second kappa shape index (κ2) is 5.80. The molecule has 1 aromatic heterocycles. The van der Waals surface area contributed by atoms with Gasteiger partial charge in [0.05, 0.1) is 0 Å². The molecule has 3 heteroatoms. The van der Waals surface area contributed by atoms with Crippen molar-refractivity contribution in [2.45, 2.75) is 44.7 Å². The number of rotatable bonds is 4. The van der Waals surface area contributed by atoms with E-state index in [0.717, 1.165) is 6.54 Å². The Bertz CT molecular complexity index is 297. The fourth-order valence-corrected chi connectivity index (χ4v) is 3.70. The van der Waals surface area contributed by atoms with Gasteiger partial charge >= 0.3 is 0 Å². The van der Waals surface area contributed by atoms with E-state index < -0.39 is 0 Å². The molecule has 0 aromatic carbocycles. The van der Waals surface area contributed by atoms with Crippen LogP contribution in [0, 0.1) is 0 Å². The Morgan fingerprint density at radius 3 is 3.06 bits per heavy atom. The van der Waals surface area contributed by atoms with E-state index in [1.165, 1.54) is 37.1 Å².